The van der Waals surface area contributed by atoms with Crippen LogP contribution in [0.2, 0.25) is 0 Å². The van der Waals surface area contributed by atoms with Crippen LogP contribution in [0, 0.1) is 40.4 Å². The highest BCUT2D eigenvalue weighted by atomic mass is 32.1. The highest BCUT2D eigenvalue weighted by Crippen LogP contribution is 2.58. The third-order valence-electron chi connectivity index (χ3n) is 16.1. The van der Waals surface area contributed by atoms with Crippen molar-refractivity contribution in [3.63, 3.8) is 0 Å². The second-order valence-electron chi connectivity index (χ2n) is 20.8. The summed E-state index contributed by atoms with van der Waals surface area (Å²) in [5.41, 5.74) is 2.90. The van der Waals surface area contributed by atoms with Crippen LogP contribution in [0.4, 0.5) is 9.59 Å². The van der Waals surface area contributed by atoms with Crippen LogP contribution >= 0.6 is 22.7 Å². The summed E-state index contributed by atoms with van der Waals surface area (Å²) in [6, 6.07) is 21.6. The predicted octanol–water partition coefficient (Wildman–Crippen LogP) is 11.1. The molecule has 2 saturated carbocycles. The molecule has 6 heterocycles. The molecule has 0 N–H and O–H groups in total. The molecular formula is C60H50N6O10S2. The van der Waals surface area contributed by atoms with E-state index in [0.717, 1.165) is 95.2 Å². The lowest BCUT2D eigenvalue weighted by molar-refractivity contribution is -0.144. The van der Waals surface area contributed by atoms with Gasteiger partial charge < -0.3 is 18.9 Å². The molecular weight excluding hydrogens is 1030 g/mol. The monoisotopic (exact) mass is 1080 g/mol. The molecule has 3 unspecified atom stereocenters. The van der Waals surface area contributed by atoms with E-state index in [4.69, 9.17) is 28.9 Å². The molecule has 12 rings (SSSR count). The molecule has 2 aromatic heterocycles. The molecule has 4 aliphatic carbocycles. The van der Waals surface area contributed by atoms with E-state index in [-0.39, 0.29) is 59.3 Å². The van der Waals surface area contributed by atoms with Crippen molar-refractivity contribution in [2.24, 2.45) is 17.8 Å². The number of benzene rings is 2. The first kappa shape index (κ1) is 50.5. The number of allylic oxidation sites excluding steroid dienone is 6. The predicted molar refractivity (Wildman–Crippen MR) is 284 cm³/mol. The Labute approximate surface area is 457 Å². The number of hydrogen-bond donors (Lipinski definition) is 0. The van der Waals surface area contributed by atoms with Crippen LogP contribution in [0.5, 0.6) is 0 Å². The smallest absolute Gasteiger partial charge is 0.424 e. The molecule has 16 nitrogen and oxygen atoms in total. The van der Waals surface area contributed by atoms with Gasteiger partial charge in [-0.2, -0.15) is 20.3 Å². The maximum absolute atomic E-state index is 14.2. The van der Waals surface area contributed by atoms with Crippen LogP contribution in [-0.4, -0.2) is 55.6 Å². The number of fused-ring (bicyclic) bond motifs is 9. The summed E-state index contributed by atoms with van der Waals surface area (Å²) in [4.78, 5) is 95.4. The van der Waals surface area contributed by atoms with Crippen molar-refractivity contribution in [1.82, 2.24) is 19.8 Å². The van der Waals surface area contributed by atoms with E-state index in [1.54, 1.807) is 61.5 Å². The van der Waals surface area contributed by atoms with Crippen molar-refractivity contribution in [3.8, 4) is 12.1 Å². The second-order valence-corrected chi connectivity index (χ2v) is 22.9. The van der Waals surface area contributed by atoms with E-state index in [2.05, 4.69) is 24.3 Å². The minimum Gasteiger partial charge on any atom is -0.481 e. The number of thiazole rings is 2. The van der Waals surface area contributed by atoms with E-state index in [1.165, 1.54) is 29.6 Å². The number of carbonyl (C=O) groups excluding carboxylic acids is 6. The van der Waals surface area contributed by atoms with Gasteiger partial charge in [0.15, 0.2) is 11.2 Å². The summed E-state index contributed by atoms with van der Waals surface area (Å²) in [7, 11) is 0. The molecule has 3 atom stereocenters. The van der Waals surface area contributed by atoms with Gasteiger partial charge in [0.25, 0.3) is 17.7 Å². The fraction of sp³-hybridized carbons (Fsp3) is 0.333. The van der Waals surface area contributed by atoms with Crippen molar-refractivity contribution < 1.29 is 47.7 Å². The Morgan fingerprint density at radius 1 is 0.667 bits per heavy atom. The Morgan fingerprint density at radius 3 is 1.71 bits per heavy atom. The number of rotatable bonds is 7. The number of hydrogen-bond acceptors (Lipinski definition) is 16. The maximum atomic E-state index is 14.2. The lowest BCUT2D eigenvalue weighted by atomic mass is 9.73. The van der Waals surface area contributed by atoms with Gasteiger partial charge in [-0.15, -0.1) is 22.7 Å². The van der Waals surface area contributed by atoms with Crippen molar-refractivity contribution in [1.29, 1.82) is 10.5 Å². The summed E-state index contributed by atoms with van der Waals surface area (Å²) >= 11 is 2.84. The third-order valence-corrected chi connectivity index (χ3v) is 18.3. The zero-order chi connectivity index (χ0) is 54.0. The molecule has 2 aromatic carbocycles. The number of imide groups is 6. The van der Waals surface area contributed by atoms with Gasteiger partial charge in [0.05, 0.1) is 20.7 Å². The minimum absolute atomic E-state index is 0.0208. The summed E-state index contributed by atoms with van der Waals surface area (Å²) < 4.78 is 25.2. The molecule has 0 bridgehead atoms. The fourth-order valence-electron chi connectivity index (χ4n) is 12.0. The van der Waals surface area contributed by atoms with Crippen molar-refractivity contribution in [2.45, 2.75) is 109 Å². The van der Waals surface area contributed by atoms with Gasteiger partial charge in [0.2, 0.25) is 5.91 Å². The number of ether oxygens (including phenoxy) is 4. The molecule has 2 spiro atoms. The topological polar surface area (TPSA) is 219 Å². The highest BCUT2D eigenvalue weighted by Gasteiger charge is 2.51. The first-order valence-electron chi connectivity index (χ1n) is 26.2. The molecule has 0 saturated heterocycles. The molecule has 0 radical (unpaired) electrons. The fourth-order valence-corrected chi connectivity index (χ4v) is 14.4. The maximum Gasteiger partial charge on any atom is 0.424 e. The highest BCUT2D eigenvalue weighted by molar-refractivity contribution is 7.14. The average molecular weight is 1080 g/mol. The number of carbonyl (C=O) groups is 6. The second kappa shape index (κ2) is 19.9. The molecule has 6 amide bonds. The van der Waals surface area contributed by atoms with E-state index >= 15 is 0 Å². The lowest BCUT2D eigenvalue weighted by Crippen LogP contribution is -2.50. The van der Waals surface area contributed by atoms with Crippen LogP contribution in [0.1, 0.15) is 120 Å². The average Bonchev–Trinajstić information content (AvgIpc) is 4.29. The lowest BCUT2D eigenvalue weighted by Gasteiger charge is -2.45. The van der Waals surface area contributed by atoms with E-state index in [1.807, 2.05) is 24.3 Å². The summed E-state index contributed by atoms with van der Waals surface area (Å²) in [5.74, 6) is -3.65. The molecule has 78 heavy (non-hydrogen) atoms. The van der Waals surface area contributed by atoms with E-state index in [9.17, 15) is 39.3 Å². The Kier molecular flexibility index (Phi) is 12.9. The van der Waals surface area contributed by atoms with Crippen LogP contribution in [0.25, 0.3) is 17.2 Å². The van der Waals surface area contributed by atoms with Crippen LogP contribution in [0.15, 0.2) is 124 Å². The minimum atomic E-state index is -1.18. The zero-order valence-electron chi connectivity index (χ0n) is 42.7. The van der Waals surface area contributed by atoms with Gasteiger partial charge in [-0.25, -0.2) is 19.6 Å². The standard InChI is InChI=1S/C60H50N6O10S2/c1-33-39(53(67)65(55(69)43(33)29-61)57(71)73-31-35-15-7-3-8-16-35)27-47-63-51-49(77-47)41-23-37-26-46-42(24-38(37)25-45(41)75-59(51)19-11-5-12-20-59)50-52(60(76-46)21-13-6-14-22-60)64-48(78-50)28-40-34(2)44(30-62)56(70)66(54(40)68)58(72)74-32-36-17-9-4-10-18-36/h3-4,7-10,15-18,23-27,37-38,40H,5-6,11-14,19-22,28,31-32H2,1-2H3/b39-27-. The number of nitrogens with zero attached hydrogens (tertiary/aromatic N) is 6. The van der Waals surface area contributed by atoms with Crippen molar-refractivity contribution in [2.75, 3.05) is 0 Å². The Hall–Kier alpha value is -8.32. The van der Waals surface area contributed by atoms with Gasteiger partial charge in [0.1, 0.15) is 64.4 Å². The van der Waals surface area contributed by atoms with Crippen LogP contribution < -0.4 is 0 Å². The molecule has 2 fully saturated rings. The summed E-state index contributed by atoms with van der Waals surface area (Å²) in [6.45, 7) is 2.75. The zero-order valence-corrected chi connectivity index (χ0v) is 44.3. The van der Waals surface area contributed by atoms with E-state index in [0.29, 0.717) is 43.8 Å². The Morgan fingerprint density at radius 2 is 1.17 bits per heavy atom. The van der Waals surface area contributed by atoms with Crippen LogP contribution in [-0.2, 0) is 69.0 Å². The molecule has 4 aliphatic heterocycles. The van der Waals surface area contributed by atoms with Crippen LogP contribution in [0.3, 0.4) is 0 Å². The molecule has 4 aromatic rings. The Balaban J connectivity index is 0.870. The summed E-state index contributed by atoms with van der Waals surface area (Å²) in [5, 5.41) is 21.4. The van der Waals surface area contributed by atoms with Gasteiger partial charge >= 0.3 is 12.2 Å². The normalized spacial score (nSPS) is 23.3. The third kappa shape index (κ3) is 8.54. The SMILES string of the molecule is CC1=C(C#N)C(=O)N(C(=O)OCc2ccccc2)C(=O)/C1=C\c1nc2c(s1)C1=CC3C=C4OC5(CCCCC5)c5nc(CC6C(=O)N(C(=O)OCc7ccccc7)C(=O)C(C#N)=C6C)sc5C4=CC3C=C1OC21CCCCC1. The first-order valence-corrected chi connectivity index (χ1v) is 27.8. The van der Waals surface area contributed by atoms with Crippen molar-refractivity contribution >= 4 is 75.7 Å². The largest absolute Gasteiger partial charge is 0.481 e. The van der Waals surface area contributed by atoms with E-state index < -0.39 is 52.9 Å². The number of amides is 6. The van der Waals surface area contributed by atoms with Gasteiger partial charge in [-0.1, -0.05) is 85.7 Å². The van der Waals surface area contributed by atoms with Gasteiger partial charge in [-0.3, -0.25) is 19.2 Å². The summed E-state index contributed by atoms with van der Waals surface area (Å²) in [6.07, 6.45) is 16.6. The first-order chi connectivity index (χ1) is 37.8. The number of aromatic nitrogens is 2. The quantitative estimate of drug-likeness (QED) is 0.124. The van der Waals surface area contributed by atoms with Gasteiger partial charge in [-0.05, 0) is 106 Å². The number of nitriles is 2. The molecule has 18 heteroatoms. The van der Waals surface area contributed by atoms with Crippen molar-refractivity contribution in [3.05, 3.63) is 167 Å². The Bertz CT molecular complexity index is 3610. The molecule has 392 valence electrons. The molecule has 8 aliphatic rings. The van der Waals surface area contributed by atoms with Gasteiger partial charge in [0, 0.05) is 35.0 Å².